The van der Waals surface area contributed by atoms with Crippen molar-refractivity contribution in [3.63, 3.8) is 0 Å². The number of carbonyl (C=O) groups is 1. The lowest BCUT2D eigenvalue weighted by Gasteiger charge is -2.22. The molecule has 0 aliphatic heterocycles. The van der Waals surface area contributed by atoms with Crippen LogP contribution in [0.3, 0.4) is 0 Å². The fourth-order valence-electron chi connectivity index (χ4n) is 3.86. The molecule has 5 nitrogen and oxygen atoms in total. The summed E-state index contributed by atoms with van der Waals surface area (Å²) in [5.41, 5.74) is 5.47. The number of aromatic nitrogens is 2. The average Bonchev–Trinajstić information content (AvgIpc) is 3.13. The van der Waals surface area contributed by atoms with Crippen LogP contribution in [0.15, 0.2) is 66.9 Å². The van der Waals surface area contributed by atoms with Crippen LogP contribution in [0.1, 0.15) is 22.4 Å². The Morgan fingerprint density at radius 1 is 1.09 bits per heavy atom. The van der Waals surface area contributed by atoms with Crippen LogP contribution in [-0.4, -0.2) is 38.4 Å². The second-order valence-corrected chi connectivity index (χ2v) is 8.01. The first kappa shape index (κ1) is 21.7. The number of halogens is 1. The van der Waals surface area contributed by atoms with Gasteiger partial charge in [-0.15, -0.1) is 0 Å². The molecule has 0 bridgehead atoms. The van der Waals surface area contributed by atoms with Gasteiger partial charge in [-0.05, 0) is 54.8 Å². The van der Waals surface area contributed by atoms with E-state index in [1.807, 2.05) is 60.0 Å². The molecule has 164 valence electrons. The van der Waals surface area contributed by atoms with Crippen LogP contribution >= 0.6 is 0 Å². The fourth-order valence-corrected chi connectivity index (χ4v) is 3.86. The number of hydrogen-bond acceptors (Lipinski definition) is 3. The summed E-state index contributed by atoms with van der Waals surface area (Å²) < 4.78 is 15.8. The van der Waals surface area contributed by atoms with Gasteiger partial charge in [0.1, 0.15) is 11.5 Å². The van der Waals surface area contributed by atoms with Crippen molar-refractivity contribution in [2.24, 2.45) is 0 Å². The van der Waals surface area contributed by atoms with E-state index in [9.17, 15) is 14.3 Å². The minimum atomic E-state index is -0.275. The zero-order valence-corrected chi connectivity index (χ0v) is 18.3. The second-order valence-electron chi connectivity index (χ2n) is 8.01. The third kappa shape index (κ3) is 4.55. The Hall–Kier alpha value is -3.51. The highest BCUT2D eigenvalue weighted by atomic mass is 19.1. The van der Waals surface area contributed by atoms with Gasteiger partial charge in [-0.1, -0.05) is 36.4 Å². The smallest absolute Gasteiger partial charge is 0.228 e. The highest BCUT2D eigenvalue weighted by Gasteiger charge is 2.21. The number of pyridine rings is 1. The molecule has 0 unspecified atom stereocenters. The lowest BCUT2D eigenvalue weighted by molar-refractivity contribution is -0.131. The standard InChI is InChI=1S/C26H26FN3O2/c1-18-8-11-24-28-26(21-9-10-22(27)19(2)14-21)23(30(24)16-18)15-25(32)29(12-13-31)17-20-6-4-3-5-7-20/h3-11,14,16,31H,12-13,15,17H2,1-2H3. The van der Waals surface area contributed by atoms with Gasteiger partial charge in [-0.2, -0.15) is 0 Å². The number of aliphatic hydroxyl groups excluding tert-OH is 1. The van der Waals surface area contributed by atoms with Crippen molar-refractivity contribution >= 4 is 11.6 Å². The van der Waals surface area contributed by atoms with Crippen molar-refractivity contribution < 1.29 is 14.3 Å². The number of fused-ring (bicyclic) bond motifs is 1. The summed E-state index contributed by atoms with van der Waals surface area (Å²) in [6.07, 6.45) is 2.07. The number of aryl methyl sites for hydroxylation is 2. The predicted molar refractivity (Wildman–Crippen MR) is 123 cm³/mol. The normalized spacial score (nSPS) is 11.1. The molecule has 0 radical (unpaired) electrons. The van der Waals surface area contributed by atoms with Crippen LogP contribution in [0.5, 0.6) is 0 Å². The largest absolute Gasteiger partial charge is 0.395 e. The van der Waals surface area contributed by atoms with Crippen LogP contribution in [0, 0.1) is 19.7 Å². The zero-order chi connectivity index (χ0) is 22.7. The molecule has 2 aromatic carbocycles. The minimum absolute atomic E-state index is 0.105. The highest BCUT2D eigenvalue weighted by molar-refractivity contribution is 5.82. The number of aliphatic hydroxyl groups is 1. The molecule has 0 aliphatic carbocycles. The summed E-state index contributed by atoms with van der Waals surface area (Å²) in [6, 6.07) is 18.5. The lowest BCUT2D eigenvalue weighted by Crippen LogP contribution is -2.34. The molecular formula is C26H26FN3O2. The number of amides is 1. The van der Waals surface area contributed by atoms with Gasteiger partial charge in [0.25, 0.3) is 0 Å². The molecule has 2 heterocycles. The number of carbonyl (C=O) groups excluding carboxylic acids is 1. The maximum Gasteiger partial charge on any atom is 0.228 e. The molecule has 0 atom stereocenters. The average molecular weight is 432 g/mol. The summed E-state index contributed by atoms with van der Waals surface area (Å²) >= 11 is 0. The molecule has 0 aliphatic rings. The molecule has 2 aromatic heterocycles. The lowest BCUT2D eigenvalue weighted by atomic mass is 10.0. The van der Waals surface area contributed by atoms with Gasteiger partial charge in [0.15, 0.2) is 0 Å². The molecule has 0 spiro atoms. The molecule has 32 heavy (non-hydrogen) atoms. The molecule has 4 rings (SSSR count). The maximum absolute atomic E-state index is 13.9. The third-order valence-corrected chi connectivity index (χ3v) is 5.55. The van der Waals surface area contributed by atoms with Crippen molar-refractivity contribution in [2.75, 3.05) is 13.2 Å². The fraction of sp³-hybridized carbons (Fsp3) is 0.231. The van der Waals surface area contributed by atoms with Crippen molar-refractivity contribution in [1.29, 1.82) is 0 Å². The Labute approximate surface area is 186 Å². The SMILES string of the molecule is Cc1ccc2nc(-c3ccc(F)c(C)c3)c(CC(=O)N(CCO)Cc3ccccc3)n2c1. The van der Waals surface area contributed by atoms with E-state index >= 15 is 0 Å². The van der Waals surface area contributed by atoms with Crippen molar-refractivity contribution in [1.82, 2.24) is 14.3 Å². The van der Waals surface area contributed by atoms with Gasteiger partial charge in [0.2, 0.25) is 5.91 Å². The van der Waals surface area contributed by atoms with Gasteiger partial charge in [0, 0.05) is 24.8 Å². The van der Waals surface area contributed by atoms with Crippen LogP contribution in [0.4, 0.5) is 4.39 Å². The van der Waals surface area contributed by atoms with Crippen LogP contribution < -0.4 is 0 Å². The van der Waals surface area contributed by atoms with E-state index in [1.165, 1.54) is 6.07 Å². The topological polar surface area (TPSA) is 57.8 Å². The third-order valence-electron chi connectivity index (χ3n) is 5.55. The molecule has 1 N–H and O–H groups in total. The summed E-state index contributed by atoms with van der Waals surface area (Å²) in [4.78, 5) is 19.8. The van der Waals surface area contributed by atoms with Gasteiger partial charge >= 0.3 is 0 Å². The quantitative estimate of drug-likeness (QED) is 0.474. The monoisotopic (exact) mass is 431 g/mol. The Kier molecular flexibility index (Phi) is 6.32. The Balaban J connectivity index is 1.73. The van der Waals surface area contributed by atoms with E-state index in [4.69, 9.17) is 4.98 Å². The Morgan fingerprint density at radius 3 is 2.59 bits per heavy atom. The summed E-state index contributed by atoms with van der Waals surface area (Å²) in [6.45, 7) is 4.25. The maximum atomic E-state index is 13.9. The Bertz CT molecular complexity index is 1250. The van der Waals surface area contributed by atoms with Crippen LogP contribution in [0.2, 0.25) is 0 Å². The van der Waals surface area contributed by atoms with E-state index < -0.39 is 0 Å². The summed E-state index contributed by atoms with van der Waals surface area (Å²) in [5, 5.41) is 9.54. The van der Waals surface area contributed by atoms with Crippen molar-refractivity contribution in [3.8, 4) is 11.3 Å². The van der Waals surface area contributed by atoms with Gasteiger partial charge in [-0.25, -0.2) is 9.37 Å². The molecule has 0 saturated carbocycles. The van der Waals surface area contributed by atoms with Crippen molar-refractivity contribution in [3.05, 3.63) is 95.1 Å². The predicted octanol–water partition coefficient (Wildman–Crippen LogP) is 4.32. The minimum Gasteiger partial charge on any atom is -0.395 e. The highest BCUT2D eigenvalue weighted by Crippen LogP contribution is 2.27. The number of hydrogen-bond donors (Lipinski definition) is 1. The zero-order valence-electron chi connectivity index (χ0n) is 18.3. The first-order valence-electron chi connectivity index (χ1n) is 10.6. The number of rotatable bonds is 7. The van der Waals surface area contributed by atoms with E-state index in [0.717, 1.165) is 28.0 Å². The van der Waals surface area contributed by atoms with Crippen LogP contribution in [0.25, 0.3) is 16.9 Å². The van der Waals surface area contributed by atoms with E-state index in [0.29, 0.717) is 17.8 Å². The van der Waals surface area contributed by atoms with Gasteiger partial charge < -0.3 is 14.4 Å². The number of nitrogens with zero attached hydrogens (tertiary/aromatic N) is 3. The van der Waals surface area contributed by atoms with E-state index in [2.05, 4.69) is 0 Å². The molecular weight excluding hydrogens is 405 g/mol. The first-order valence-corrected chi connectivity index (χ1v) is 10.6. The van der Waals surface area contributed by atoms with Crippen molar-refractivity contribution in [2.45, 2.75) is 26.8 Å². The summed E-state index contributed by atoms with van der Waals surface area (Å²) in [5.74, 6) is -0.380. The number of imidazole rings is 1. The molecule has 0 saturated heterocycles. The number of benzene rings is 2. The second kappa shape index (κ2) is 9.32. The molecule has 6 heteroatoms. The van der Waals surface area contributed by atoms with E-state index in [-0.39, 0.29) is 31.3 Å². The Morgan fingerprint density at radius 2 is 1.88 bits per heavy atom. The molecule has 0 fully saturated rings. The molecule has 1 amide bonds. The van der Waals surface area contributed by atoms with Crippen LogP contribution in [-0.2, 0) is 17.8 Å². The molecule has 4 aromatic rings. The first-order chi connectivity index (χ1) is 15.5. The van der Waals surface area contributed by atoms with Gasteiger partial charge in [-0.3, -0.25) is 4.79 Å². The summed E-state index contributed by atoms with van der Waals surface area (Å²) in [7, 11) is 0. The van der Waals surface area contributed by atoms with E-state index in [1.54, 1.807) is 24.0 Å². The van der Waals surface area contributed by atoms with Gasteiger partial charge in [0.05, 0.1) is 24.4 Å².